The zero-order valence-electron chi connectivity index (χ0n) is 9.72. The summed E-state index contributed by atoms with van der Waals surface area (Å²) in [6.45, 7) is 0. The van der Waals surface area contributed by atoms with Crippen LogP contribution in [0.1, 0.15) is 37.7 Å². The maximum Gasteiger partial charge on any atom is 0.142 e. The predicted octanol–water partition coefficient (Wildman–Crippen LogP) is 4.17. The third kappa shape index (κ3) is 3.53. The van der Waals surface area contributed by atoms with Gasteiger partial charge in [0.05, 0.1) is 5.02 Å². The van der Waals surface area contributed by atoms with Crippen molar-refractivity contribution in [3.05, 3.63) is 34.6 Å². The van der Waals surface area contributed by atoms with Gasteiger partial charge in [0, 0.05) is 12.8 Å². The zero-order valence-corrected chi connectivity index (χ0v) is 10.5. The highest BCUT2D eigenvalue weighted by Crippen LogP contribution is 2.25. The van der Waals surface area contributed by atoms with Crippen LogP contribution < -0.4 is 0 Å². The molecule has 1 unspecified atom stereocenters. The highest BCUT2D eigenvalue weighted by Gasteiger charge is 2.18. The molecule has 1 atom stereocenters. The molecule has 17 heavy (non-hydrogen) atoms. The van der Waals surface area contributed by atoms with Gasteiger partial charge < -0.3 is 0 Å². The molecule has 0 bridgehead atoms. The van der Waals surface area contributed by atoms with E-state index in [0.717, 1.165) is 31.2 Å². The molecular weight excluding hydrogens is 239 g/mol. The Morgan fingerprint density at radius 2 is 2.18 bits per heavy atom. The summed E-state index contributed by atoms with van der Waals surface area (Å²) in [6.07, 6.45) is 5.31. The highest BCUT2D eigenvalue weighted by molar-refractivity contribution is 6.30. The summed E-state index contributed by atoms with van der Waals surface area (Å²) in [5, 5.41) is 0.158. The SMILES string of the molecule is O=C1CCCCC(Cc2ccc(Cl)c(F)c2)C1. The van der Waals surface area contributed by atoms with Gasteiger partial charge in [-0.15, -0.1) is 0 Å². The molecule has 1 aromatic rings. The summed E-state index contributed by atoms with van der Waals surface area (Å²) in [4.78, 5) is 11.5. The maximum atomic E-state index is 13.3. The lowest BCUT2D eigenvalue weighted by Crippen LogP contribution is -2.08. The van der Waals surface area contributed by atoms with Gasteiger partial charge in [-0.2, -0.15) is 0 Å². The fourth-order valence-electron chi connectivity index (χ4n) is 2.46. The molecule has 0 aliphatic heterocycles. The van der Waals surface area contributed by atoms with Gasteiger partial charge in [0.15, 0.2) is 0 Å². The first kappa shape index (κ1) is 12.6. The number of carbonyl (C=O) groups is 1. The molecular formula is C14H16ClFO. The molecule has 0 amide bonds. The molecule has 1 fully saturated rings. The first-order valence-corrected chi connectivity index (χ1v) is 6.48. The van der Waals surface area contributed by atoms with Crippen molar-refractivity contribution >= 4 is 17.4 Å². The van der Waals surface area contributed by atoms with Gasteiger partial charge in [-0.3, -0.25) is 4.79 Å². The quantitative estimate of drug-likeness (QED) is 0.724. The van der Waals surface area contributed by atoms with E-state index in [0.29, 0.717) is 24.5 Å². The predicted molar refractivity (Wildman–Crippen MR) is 66.7 cm³/mol. The van der Waals surface area contributed by atoms with Crippen LogP contribution in [0.4, 0.5) is 4.39 Å². The number of hydrogen-bond acceptors (Lipinski definition) is 1. The molecule has 3 heteroatoms. The molecule has 0 spiro atoms. The molecule has 2 rings (SSSR count). The van der Waals surface area contributed by atoms with Crippen LogP contribution in [0.2, 0.25) is 5.02 Å². The molecule has 0 radical (unpaired) electrons. The van der Waals surface area contributed by atoms with Gasteiger partial charge in [0.2, 0.25) is 0 Å². The molecule has 92 valence electrons. The Labute approximate surface area is 106 Å². The minimum absolute atomic E-state index is 0.158. The van der Waals surface area contributed by atoms with E-state index in [1.54, 1.807) is 6.07 Å². The summed E-state index contributed by atoms with van der Waals surface area (Å²) in [5.74, 6) is 0.344. The largest absolute Gasteiger partial charge is 0.300 e. The Morgan fingerprint density at radius 3 is 2.94 bits per heavy atom. The Hall–Kier alpha value is -0.890. The monoisotopic (exact) mass is 254 g/mol. The normalized spacial score (nSPS) is 21.3. The lowest BCUT2D eigenvalue weighted by molar-refractivity contribution is -0.119. The standard InChI is InChI=1S/C14H16ClFO/c15-13-6-5-11(9-14(13)16)7-10-3-1-2-4-12(17)8-10/h5-6,9-10H,1-4,7-8H2. The van der Waals surface area contributed by atoms with Crippen molar-refractivity contribution in [2.75, 3.05) is 0 Å². The van der Waals surface area contributed by atoms with Crippen LogP contribution in [0.3, 0.4) is 0 Å². The summed E-state index contributed by atoms with van der Waals surface area (Å²) in [5.41, 5.74) is 0.937. The zero-order chi connectivity index (χ0) is 12.3. The first-order valence-electron chi connectivity index (χ1n) is 6.11. The summed E-state index contributed by atoms with van der Waals surface area (Å²) in [6, 6.07) is 4.92. The van der Waals surface area contributed by atoms with Gasteiger partial charge in [-0.05, 0) is 42.9 Å². The van der Waals surface area contributed by atoms with Gasteiger partial charge in [-0.25, -0.2) is 4.39 Å². The highest BCUT2D eigenvalue weighted by atomic mass is 35.5. The molecule has 0 heterocycles. The van der Waals surface area contributed by atoms with E-state index in [2.05, 4.69) is 0 Å². The number of ketones is 1. The molecule has 0 N–H and O–H groups in total. The van der Waals surface area contributed by atoms with E-state index >= 15 is 0 Å². The van der Waals surface area contributed by atoms with Crippen LogP contribution in [0, 0.1) is 11.7 Å². The number of Topliss-reactive ketones (excluding diaryl/α,β-unsaturated/α-hetero) is 1. The number of benzene rings is 1. The second kappa shape index (κ2) is 5.63. The average Bonchev–Trinajstić information content (AvgIpc) is 2.48. The smallest absolute Gasteiger partial charge is 0.142 e. The van der Waals surface area contributed by atoms with E-state index in [1.807, 2.05) is 6.07 Å². The maximum absolute atomic E-state index is 13.3. The number of halogens is 2. The molecule has 1 aliphatic rings. The van der Waals surface area contributed by atoms with E-state index in [1.165, 1.54) is 6.07 Å². The third-order valence-electron chi connectivity index (χ3n) is 3.34. The van der Waals surface area contributed by atoms with Gasteiger partial charge in [0.1, 0.15) is 11.6 Å². The molecule has 0 aromatic heterocycles. The van der Waals surface area contributed by atoms with Crippen LogP contribution in [0.25, 0.3) is 0 Å². The van der Waals surface area contributed by atoms with E-state index in [4.69, 9.17) is 11.6 Å². The summed E-state index contributed by atoms with van der Waals surface area (Å²) < 4.78 is 13.3. The van der Waals surface area contributed by atoms with Crippen LogP contribution in [0.5, 0.6) is 0 Å². The Balaban J connectivity index is 2.03. The second-order valence-electron chi connectivity index (χ2n) is 4.81. The van der Waals surface area contributed by atoms with E-state index < -0.39 is 0 Å². The van der Waals surface area contributed by atoms with Crippen molar-refractivity contribution in [3.8, 4) is 0 Å². The van der Waals surface area contributed by atoms with Crippen molar-refractivity contribution < 1.29 is 9.18 Å². The minimum atomic E-state index is -0.371. The van der Waals surface area contributed by atoms with E-state index in [9.17, 15) is 9.18 Å². The third-order valence-corrected chi connectivity index (χ3v) is 3.65. The number of carbonyl (C=O) groups excluding carboxylic acids is 1. The fourth-order valence-corrected chi connectivity index (χ4v) is 2.57. The number of rotatable bonds is 2. The Bertz CT molecular complexity index is 417. The van der Waals surface area contributed by atoms with Gasteiger partial charge in [0.25, 0.3) is 0 Å². The Morgan fingerprint density at radius 1 is 1.35 bits per heavy atom. The second-order valence-corrected chi connectivity index (χ2v) is 5.21. The van der Waals surface area contributed by atoms with Crippen molar-refractivity contribution in [1.82, 2.24) is 0 Å². The van der Waals surface area contributed by atoms with E-state index in [-0.39, 0.29) is 10.8 Å². The van der Waals surface area contributed by atoms with Crippen LogP contribution >= 0.6 is 11.6 Å². The lowest BCUT2D eigenvalue weighted by Gasteiger charge is -2.13. The number of hydrogen-bond donors (Lipinski definition) is 0. The average molecular weight is 255 g/mol. The fraction of sp³-hybridized carbons (Fsp3) is 0.500. The summed E-state index contributed by atoms with van der Waals surface area (Å²) >= 11 is 5.64. The molecule has 0 saturated heterocycles. The molecule has 1 aromatic carbocycles. The van der Waals surface area contributed by atoms with Crippen molar-refractivity contribution in [1.29, 1.82) is 0 Å². The van der Waals surface area contributed by atoms with Crippen LogP contribution in [-0.2, 0) is 11.2 Å². The molecule has 1 saturated carbocycles. The molecule has 1 aliphatic carbocycles. The van der Waals surface area contributed by atoms with Gasteiger partial charge in [-0.1, -0.05) is 24.1 Å². The van der Waals surface area contributed by atoms with Crippen molar-refractivity contribution in [3.63, 3.8) is 0 Å². The van der Waals surface area contributed by atoms with Crippen molar-refractivity contribution in [2.45, 2.75) is 38.5 Å². The van der Waals surface area contributed by atoms with Gasteiger partial charge >= 0.3 is 0 Å². The summed E-state index contributed by atoms with van der Waals surface area (Å²) in [7, 11) is 0. The van der Waals surface area contributed by atoms with Crippen molar-refractivity contribution in [2.24, 2.45) is 5.92 Å². The lowest BCUT2D eigenvalue weighted by atomic mass is 9.92. The minimum Gasteiger partial charge on any atom is -0.300 e. The molecule has 1 nitrogen and oxygen atoms in total. The van der Waals surface area contributed by atoms with Crippen LogP contribution in [-0.4, -0.2) is 5.78 Å². The Kier molecular flexibility index (Phi) is 4.16. The topological polar surface area (TPSA) is 17.1 Å². The van der Waals surface area contributed by atoms with Crippen LogP contribution in [0.15, 0.2) is 18.2 Å². The first-order chi connectivity index (χ1) is 8.15.